The number of hydrogen-bond donors (Lipinski definition) is 1. The maximum absolute atomic E-state index is 3.50. The van der Waals surface area contributed by atoms with Crippen molar-refractivity contribution in [1.29, 1.82) is 0 Å². The van der Waals surface area contributed by atoms with Gasteiger partial charge in [-0.3, -0.25) is 0 Å². The molecular formula is C13H26N2. The summed E-state index contributed by atoms with van der Waals surface area (Å²) >= 11 is 0. The van der Waals surface area contributed by atoms with Crippen LogP contribution < -0.4 is 5.32 Å². The zero-order valence-electron chi connectivity index (χ0n) is 10.4. The second-order valence-electron chi connectivity index (χ2n) is 5.87. The molecule has 0 aromatic carbocycles. The van der Waals surface area contributed by atoms with Gasteiger partial charge in [0, 0.05) is 13.1 Å². The van der Waals surface area contributed by atoms with Crippen LogP contribution in [0.2, 0.25) is 0 Å². The van der Waals surface area contributed by atoms with E-state index < -0.39 is 0 Å². The standard InChI is InChI=1S/C13H26N2/c1-3-12-4-8-15(9-5-12)11-13(2)6-7-14-10-13/h12,14H,3-11H2,1-2H3. The lowest BCUT2D eigenvalue weighted by molar-refractivity contribution is 0.127. The van der Waals surface area contributed by atoms with Gasteiger partial charge in [-0.15, -0.1) is 0 Å². The number of likely N-dealkylation sites (tertiary alicyclic amines) is 1. The van der Waals surface area contributed by atoms with Crippen molar-refractivity contribution in [3.63, 3.8) is 0 Å². The van der Waals surface area contributed by atoms with Crippen molar-refractivity contribution in [3.05, 3.63) is 0 Å². The Morgan fingerprint density at radius 3 is 2.60 bits per heavy atom. The lowest BCUT2D eigenvalue weighted by atomic mass is 9.87. The Balaban J connectivity index is 1.76. The Morgan fingerprint density at radius 2 is 2.07 bits per heavy atom. The van der Waals surface area contributed by atoms with E-state index in [1.165, 1.54) is 58.4 Å². The van der Waals surface area contributed by atoms with E-state index >= 15 is 0 Å². The lowest BCUT2D eigenvalue weighted by Gasteiger charge is -2.36. The Labute approximate surface area is 94.4 Å². The molecule has 2 heterocycles. The number of nitrogens with one attached hydrogen (secondary N) is 1. The second-order valence-corrected chi connectivity index (χ2v) is 5.87. The zero-order chi connectivity index (χ0) is 10.7. The molecule has 0 bridgehead atoms. The summed E-state index contributed by atoms with van der Waals surface area (Å²) in [4.78, 5) is 2.69. The van der Waals surface area contributed by atoms with E-state index in [-0.39, 0.29) is 0 Å². The maximum Gasteiger partial charge on any atom is 0.00480 e. The summed E-state index contributed by atoms with van der Waals surface area (Å²) in [5.74, 6) is 1.01. The van der Waals surface area contributed by atoms with Gasteiger partial charge in [0.15, 0.2) is 0 Å². The first-order chi connectivity index (χ1) is 7.22. The third kappa shape index (κ3) is 2.94. The van der Waals surface area contributed by atoms with Gasteiger partial charge in [-0.2, -0.15) is 0 Å². The number of rotatable bonds is 3. The minimum Gasteiger partial charge on any atom is -0.316 e. The summed E-state index contributed by atoms with van der Waals surface area (Å²) in [5.41, 5.74) is 0.555. The van der Waals surface area contributed by atoms with E-state index in [1.54, 1.807) is 0 Å². The van der Waals surface area contributed by atoms with Crippen molar-refractivity contribution in [2.24, 2.45) is 11.3 Å². The molecule has 2 aliphatic rings. The summed E-state index contributed by atoms with van der Waals surface area (Å²) < 4.78 is 0. The normalized spacial score (nSPS) is 34.8. The summed E-state index contributed by atoms with van der Waals surface area (Å²) in [6.45, 7) is 11.2. The van der Waals surface area contributed by atoms with Crippen LogP contribution in [0.25, 0.3) is 0 Å². The Morgan fingerprint density at radius 1 is 1.33 bits per heavy atom. The molecule has 2 aliphatic heterocycles. The monoisotopic (exact) mass is 210 g/mol. The molecule has 1 unspecified atom stereocenters. The maximum atomic E-state index is 3.50. The molecule has 0 saturated carbocycles. The quantitative estimate of drug-likeness (QED) is 0.767. The molecule has 2 heteroatoms. The third-order valence-electron chi connectivity index (χ3n) is 4.35. The first-order valence-electron chi connectivity index (χ1n) is 6.65. The molecule has 0 aliphatic carbocycles. The van der Waals surface area contributed by atoms with Gasteiger partial charge in [-0.1, -0.05) is 20.3 Å². The van der Waals surface area contributed by atoms with Gasteiger partial charge in [0.05, 0.1) is 0 Å². The van der Waals surface area contributed by atoms with E-state index in [4.69, 9.17) is 0 Å². The fraction of sp³-hybridized carbons (Fsp3) is 1.00. The van der Waals surface area contributed by atoms with Crippen LogP contribution in [0.3, 0.4) is 0 Å². The highest BCUT2D eigenvalue weighted by molar-refractivity contribution is 4.87. The second kappa shape index (κ2) is 4.84. The molecule has 1 atom stereocenters. The highest BCUT2D eigenvalue weighted by Gasteiger charge is 2.31. The molecule has 0 aromatic heterocycles. The molecule has 15 heavy (non-hydrogen) atoms. The first kappa shape index (κ1) is 11.4. The zero-order valence-corrected chi connectivity index (χ0v) is 10.4. The third-order valence-corrected chi connectivity index (χ3v) is 4.35. The summed E-state index contributed by atoms with van der Waals surface area (Å²) in [6, 6.07) is 0. The molecule has 0 spiro atoms. The number of nitrogens with zero attached hydrogens (tertiary/aromatic N) is 1. The highest BCUT2D eigenvalue weighted by atomic mass is 15.1. The van der Waals surface area contributed by atoms with Crippen molar-refractivity contribution >= 4 is 0 Å². The van der Waals surface area contributed by atoms with Gasteiger partial charge in [-0.05, 0) is 50.2 Å². The number of piperidine rings is 1. The minimum atomic E-state index is 0.555. The van der Waals surface area contributed by atoms with Crippen molar-refractivity contribution in [1.82, 2.24) is 10.2 Å². The smallest absolute Gasteiger partial charge is 0.00480 e. The van der Waals surface area contributed by atoms with Crippen LogP contribution in [0.1, 0.15) is 39.5 Å². The van der Waals surface area contributed by atoms with Crippen LogP contribution >= 0.6 is 0 Å². The predicted octanol–water partition coefficient (Wildman–Crippen LogP) is 2.11. The van der Waals surface area contributed by atoms with Crippen molar-refractivity contribution in [2.45, 2.75) is 39.5 Å². The fourth-order valence-corrected chi connectivity index (χ4v) is 3.10. The van der Waals surface area contributed by atoms with Crippen molar-refractivity contribution < 1.29 is 0 Å². The van der Waals surface area contributed by atoms with Gasteiger partial charge < -0.3 is 10.2 Å². The van der Waals surface area contributed by atoms with Crippen LogP contribution in [0.5, 0.6) is 0 Å². The van der Waals surface area contributed by atoms with E-state index in [9.17, 15) is 0 Å². The molecule has 2 fully saturated rings. The van der Waals surface area contributed by atoms with Crippen LogP contribution in [-0.4, -0.2) is 37.6 Å². The summed E-state index contributed by atoms with van der Waals surface area (Å²) in [7, 11) is 0. The SMILES string of the molecule is CCC1CCN(CC2(C)CCNC2)CC1. The number of hydrogen-bond acceptors (Lipinski definition) is 2. The Hall–Kier alpha value is -0.0800. The molecule has 2 nitrogen and oxygen atoms in total. The Kier molecular flexibility index (Phi) is 3.68. The van der Waals surface area contributed by atoms with Gasteiger partial charge in [-0.25, -0.2) is 0 Å². The van der Waals surface area contributed by atoms with Crippen LogP contribution in [0.15, 0.2) is 0 Å². The van der Waals surface area contributed by atoms with E-state index in [0.717, 1.165) is 5.92 Å². The lowest BCUT2D eigenvalue weighted by Crippen LogP contribution is -2.41. The fourth-order valence-electron chi connectivity index (χ4n) is 3.10. The molecule has 2 saturated heterocycles. The highest BCUT2D eigenvalue weighted by Crippen LogP contribution is 2.28. The van der Waals surface area contributed by atoms with Crippen LogP contribution in [0.4, 0.5) is 0 Å². The largest absolute Gasteiger partial charge is 0.316 e. The predicted molar refractivity (Wildman–Crippen MR) is 65.0 cm³/mol. The van der Waals surface area contributed by atoms with E-state index in [1.807, 2.05) is 0 Å². The molecular weight excluding hydrogens is 184 g/mol. The molecule has 0 aromatic rings. The van der Waals surface area contributed by atoms with Gasteiger partial charge >= 0.3 is 0 Å². The molecule has 2 rings (SSSR count). The van der Waals surface area contributed by atoms with Crippen molar-refractivity contribution in [2.75, 3.05) is 32.7 Å². The average Bonchev–Trinajstić information content (AvgIpc) is 2.66. The summed E-state index contributed by atoms with van der Waals surface area (Å²) in [5, 5.41) is 3.50. The Bertz CT molecular complexity index is 189. The van der Waals surface area contributed by atoms with Crippen LogP contribution in [0, 0.1) is 11.3 Å². The average molecular weight is 210 g/mol. The van der Waals surface area contributed by atoms with Gasteiger partial charge in [0.2, 0.25) is 0 Å². The van der Waals surface area contributed by atoms with E-state index in [0.29, 0.717) is 5.41 Å². The topological polar surface area (TPSA) is 15.3 Å². The minimum absolute atomic E-state index is 0.555. The van der Waals surface area contributed by atoms with Crippen LogP contribution in [-0.2, 0) is 0 Å². The molecule has 1 N–H and O–H groups in total. The first-order valence-corrected chi connectivity index (χ1v) is 6.65. The van der Waals surface area contributed by atoms with Crippen molar-refractivity contribution in [3.8, 4) is 0 Å². The van der Waals surface area contributed by atoms with Gasteiger partial charge in [0.1, 0.15) is 0 Å². The molecule has 0 amide bonds. The van der Waals surface area contributed by atoms with Gasteiger partial charge in [0.25, 0.3) is 0 Å². The summed E-state index contributed by atoms with van der Waals surface area (Å²) in [6.07, 6.45) is 5.60. The molecule has 0 radical (unpaired) electrons. The van der Waals surface area contributed by atoms with E-state index in [2.05, 4.69) is 24.1 Å². The molecule has 88 valence electrons.